The quantitative estimate of drug-likeness (QED) is 0.768. The van der Waals surface area contributed by atoms with Crippen LogP contribution in [0.4, 0.5) is 23.8 Å². The molecule has 8 nitrogen and oxygen atoms in total. The predicted molar refractivity (Wildman–Crippen MR) is 109 cm³/mol. The van der Waals surface area contributed by atoms with E-state index < -0.39 is 17.7 Å². The van der Waals surface area contributed by atoms with Crippen LogP contribution in [0.25, 0.3) is 11.4 Å². The van der Waals surface area contributed by atoms with Gasteiger partial charge in [-0.3, -0.25) is 4.68 Å². The Morgan fingerprint density at radius 2 is 1.84 bits per heavy atom. The van der Waals surface area contributed by atoms with Crippen molar-refractivity contribution in [3.63, 3.8) is 0 Å². The molecule has 1 saturated carbocycles. The van der Waals surface area contributed by atoms with Gasteiger partial charge in [0, 0.05) is 32.4 Å². The fraction of sp³-hybridized carbons (Fsp3) is 0.600. The number of nitrogens with one attached hydrogen (secondary N) is 2. The molecule has 31 heavy (non-hydrogen) atoms. The van der Waals surface area contributed by atoms with Crippen molar-refractivity contribution in [2.75, 3.05) is 18.0 Å². The molecule has 0 atom stereocenters. The lowest BCUT2D eigenvalue weighted by atomic mass is 10.0. The minimum absolute atomic E-state index is 0.0610. The van der Waals surface area contributed by atoms with Gasteiger partial charge in [-0.25, -0.2) is 4.79 Å². The smallest absolute Gasteiger partial charge is 0.355 e. The van der Waals surface area contributed by atoms with Gasteiger partial charge in [0.25, 0.3) is 0 Å². The number of halogens is 3. The fourth-order valence-corrected chi connectivity index (χ4v) is 4.02. The molecule has 3 heterocycles. The molecule has 2 aromatic heterocycles. The number of alkyl halides is 3. The number of hydrogen-bond acceptors (Lipinski definition) is 5. The van der Waals surface area contributed by atoms with E-state index in [4.69, 9.17) is 0 Å². The van der Waals surface area contributed by atoms with Crippen molar-refractivity contribution < 1.29 is 18.0 Å². The van der Waals surface area contributed by atoms with Gasteiger partial charge in [-0.05, 0) is 56.7 Å². The van der Waals surface area contributed by atoms with Gasteiger partial charge in [0.15, 0.2) is 5.82 Å². The Morgan fingerprint density at radius 3 is 2.39 bits per heavy atom. The molecule has 2 fully saturated rings. The number of carbonyl (C=O) groups excluding carboxylic acids is 1. The van der Waals surface area contributed by atoms with E-state index in [1.807, 2.05) is 27.0 Å². The van der Waals surface area contributed by atoms with E-state index in [0.29, 0.717) is 25.9 Å². The van der Waals surface area contributed by atoms with Gasteiger partial charge < -0.3 is 15.5 Å². The Balaban J connectivity index is 1.36. The van der Waals surface area contributed by atoms with Crippen LogP contribution in [0.3, 0.4) is 0 Å². The van der Waals surface area contributed by atoms with Crippen molar-refractivity contribution in [2.45, 2.75) is 57.3 Å². The summed E-state index contributed by atoms with van der Waals surface area (Å²) in [6, 6.07) is 0.965. The number of hydrogen-bond donors (Lipinski definition) is 2. The van der Waals surface area contributed by atoms with Crippen LogP contribution in [0, 0.1) is 13.8 Å². The number of rotatable bonds is 4. The Hall–Kier alpha value is -2.85. The van der Waals surface area contributed by atoms with Crippen LogP contribution < -0.4 is 15.5 Å². The maximum atomic E-state index is 13.0. The fourth-order valence-electron chi connectivity index (χ4n) is 4.02. The van der Waals surface area contributed by atoms with E-state index in [-0.39, 0.29) is 18.9 Å². The average Bonchev–Trinajstić information content (AvgIpc) is 3.38. The second kappa shape index (κ2) is 7.69. The molecule has 0 spiro atoms. The van der Waals surface area contributed by atoms with Gasteiger partial charge in [0.2, 0.25) is 0 Å². The van der Waals surface area contributed by atoms with Crippen molar-refractivity contribution in [3.05, 3.63) is 23.4 Å². The summed E-state index contributed by atoms with van der Waals surface area (Å²) in [4.78, 5) is 14.2. The molecule has 1 aliphatic carbocycles. The first-order chi connectivity index (χ1) is 14.6. The van der Waals surface area contributed by atoms with E-state index in [0.717, 1.165) is 28.3 Å². The van der Waals surface area contributed by atoms with Crippen molar-refractivity contribution in [1.82, 2.24) is 30.6 Å². The van der Waals surface area contributed by atoms with E-state index in [2.05, 4.69) is 30.8 Å². The minimum atomic E-state index is -4.41. The molecule has 0 unspecified atom stereocenters. The molecular formula is C20H26F3N7O. The molecule has 2 aliphatic rings. The minimum Gasteiger partial charge on any atom is -0.355 e. The highest BCUT2D eigenvalue weighted by Gasteiger charge is 2.64. The summed E-state index contributed by atoms with van der Waals surface area (Å²) in [5.74, 6) is 0.792. The summed E-state index contributed by atoms with van der Waals surface area (Å²) < 4.78 is 40.8. The number of anilines is 1. The monoisotopic (exact) mass is 437 g/mol. The molecule has 1 aliphatic heterocycles. The van der Waals surface area contributed by atoms with Crippen molar-refractivity contribution in [2.24, 2.45) is 7.05 Å². The molecule has 11 heteroatoms. The van der Waals surface area contributed by atoms with E-state index >= 15 is 0 Å². The van der Waals surface area contributed by atoms with E-state index in [1.54, 1.807) is 10.9 Å². The van der Waals surface area contributed by atoms with Gasteiger partial charge in [0.05, 0.1) is 5.69 Å². The zero-order valence-electron chi connectivity index (χ0n) is 17.8. The van der Waals surface area contributed by atoms with Gasteiger partial charge in [0.1, 0.15) is 11.2 Å². The Morgan fingerprint density at radius 1 is 1.16 bits per heavy atom. The highest BCUT2D eigenvalue weighted by Crippen LogP contribution is 2.48. The van der Waals surface area contributed by atoms with E-state index in [1.165, 1.54) is 0 Å². The molecule has 1 saturated heterocycles. The lowest BCUT2D eigenvalue weighted by Crippen LogP contribution is -2.55. The Kier molecular flexibility index (Phi) is 5.30. The first-order valence-corrected chi connectivity index (χ1v) is 10.3. The van der Waals surface area contributed by atoms with Crippen LogP contribution in [0.1, 0.15) is 36.8 Å². The van der Waals surface area contributed by atoms with Gasteiger partial charge >= 0.3 is 12.2 Å². The maximum Gasteiger partial charge on any atom is 0.411 e. The highest BCUT2D eigenvalue weighted by atomic mass is 19.4. The number of nitrogens with zero attached hydrogens (tertiary/aromatic N) is 5. The second-order valence-electron chi connectivity index (χ2n) is 8.40. The predicted octanol–water partition coefficient (Wildman–Crippen LogP) is 2.86. The zero-order valence-corrected chi connectivity index (χ0v) is 17.8. The normalized spacial score (nSPS) is 18.7. The van der Waals surface area contributed by atoms with Crippen LogP contribution in [-0.4, -0.2) is 56.9 Å². The molecule has 0 radical (unpaired) electrons. The van der Waals surface area contributed by atoms with Crippen molar-refractivity contribution >= 4 is 11.8 Å². The van der Waals surface area contributed by atoms with Crippen LogP contribution >= 0.6 is 0 Å². The lowest BCUT2D eigenvalue weighted by molar-refractivity contribution is -0.162. The summed E-state index contributed by atoms with van der Waals surface area (Å²) in [5.41, 5.74) is 1.68. The summed E-state index contributed by atoms with van der Waals surface area (Å²) in [6.45, 7) is 5.27. The Bertz CT molecular complexity index is 976. The first-order valence-electron chi connectivity index (χ1n) is 10.3. The molecule has 0 bridgehead atoms. The first kappa shape index (κ1) is 21.4. The van der Waals surface area contributed by atoms with Crippen molar-refractivity contribution in [3.8, 4) is 11.4 Å². The largest absolute Gasteiger partial charge is 0.411 e. The van der Waals surface area contributed by atoms with Crippen LogP contribution in [0.2, 0.25) is 0 Å². The topological polar surface area (TPSA) is 88.0 Å². The summed E-state index contributed by atoms with van der Waals surface area (Å²) in [6.07, 6.45) is -1.58. The third-order valence-corrected chi connectivity index (χ3v) is 6.34. The van der Waals surface area contributed by atoms with Crippen LogP contribution in [0.5, 0.6) is 0 Å². The number of amides is 2. The molecule has 2 N–H and O–H groups in total. The Labute approximate surface area is 178 Å². The standard InChI is InChI=1S/C20H26F3N7O/c1-12-13(2)17(28-27-16(12)15-4-9-24-29(15)3)30-10-5-14(6-11-30)25-18(31)26-19(7-8-19)20(21,22)23/h4,9,14H,5-8,10-11H2,1-3H3,(H2,25,26,31). The third kappa shape index (κ3) is 4.05. The third-order valence-electron chi connectivity index (χ3n) is 6.34. The molecule has 4 rings (SSSR count). The molecule has 2 amide bonds. The van der Waals surface area contributed by atoms with Gasteiger partial charge in [-0.15, -0.1) is 10.2 Å². The number of piperidine rings is 1. The molecule has 168 valence electrons. The SMILES string of the molecule is Cc1c(-c2ccnn2C)nnc(N2CCC(NC(=O)NC3(C(F)(F)F)CC3)CC2)c1C. The summed E-state index contributed by atoms with van der Waals surface area (Å²) >= 11 is 0. The number of carbonyl (C=O) groups is 1. The van der Waals surface area contributed by atoms with Crippen LogP contribution in [-0.2, 0) is 7.05 Å². The highest BCUT2D eigenvalue weighted by molar-refractivity contribution is 5.76. The lowest BCUT2D eigenvalue weighted by Gasteiger charge is -2.34. The van der Waals surface area contributed by atoms with E-state index in [9.17, 15) is 18.0 Å². The second-order valence-corrected chi connectivity index (χ2v) is 8.40. The summed E-state index contributed by atoms with van der Waals surface area (Å²) in [7, 11) is 1.85. The number of aromatic nitrogens is 4. The number of urea groups is 1. The van der Waals surface area contributed by atoms with Crippen molar-refractivity contribution in [1.29, 1.82) is 0 Å². The van der Waals surface area contributed by atoms with Gasteiger partial charge in [-0.2, -0.15) is 18.3 Å². The zero-order chi connectivity index (χ0) is 22.4. The molecular weight excluding hydrogens is 411 g/mol. The average molecular weight is 437 g/mol. The van der Waals surface area contributed by atoms with Crippen LogP contribution in [0.15, 0.2) is 12.3 Å². The summed E-state index contributed by atoms with van der Waals surface area (Å²) in [5, 5.41) is 17.9. The van der Waals surface area contributed by atoms with Gasteiger partial charge in [-0.1, -0.05) is 0 Å². The molecule has 2 aromatic rings. The maximum absolute atomic E-state index is 13.0. The number of aryl methyl sites for hydroxylation is 1. The molecule has 0 aromatic carbocycles.